The Balaban J connectivity index is 1.92. The molecule has 2 N–H and O–H groups in total. The Kier molecular flexibility index (Phi) is 3.20. The summed E-state index contributed by atoms with van der Waals surface area (Å²) in [6, 6.07) is 5.32. The minimum absolute atomic E-state index is 0.345. The van der Waals surface area contributed by atoms with Crippen molar-refractivity contribution in [3.8, 4) is 5.75 Å². The summed E-state index contributed by atoms with van der Waals surface area (Å²) in [7, 11) is 0. The Hall–Kier alpha value is -0.460. The largest absolute Gasteiger partial charge is 0.462 e. The number of ether oxygens (including phenoxy) is 2. The second-order valence-electron chi connectivity index (χ2n) is 4.48. The lowest BCUT2D eigenvalue weighted by atomic mass is 10.0. The van der Waals surface area contributed by atoms with Crippen LogP contribution >= 0.6 is 23.4 Å². The molecule has 1 saturated heterocycles. The topological polar surface area (TPSA) is 58.9 Å². The minimum atomic E-state index is -0.900. The first-order chi connectivity index (χ1) is 8.56. The van der Waals surface area contributed by atoms with Gasteiger partial charge in [0.25, 0.3) is 0 Å². The molecule has 0 radical (unpaired) electrons. The SMILES string of the molecule is CC1OC2Oc3ccc(Cl)cc3SC2C(O)C1O. The van der Waals surface area contributed by atoms with Crippen LogP contribution in [0.4, 0.5) is 0 Å². The molecule has 2 aliphatic heterocycles. The van der Waals surface area contributed by atoms with Gasteiger partial charge in [0.05, 0.1) is 11.0 Å². The molecule has 2 aliphatic rings. The highest BCUT2D eigenvalue weighted by molar-refractivity contribution is 8.00. The van der Waals surface area contributed by atoms with Crippen LogP contribution in [-0.2, 0) is 4.74 Å². The van der Waals surface area contributed by atoms with E-state index in [1.54, 1.807) is 25.1 Å². The molecule has 0 aliphatic carbocycles. The zero-order chi connectivity index (χ0) is 12.9. The van der Waals surface area contributed by atoms with Crippen molar-refractivity contribution < 1.29 is 19.7 Å². The Morgan fingerprint density at radius 2 is 2.06 bits per heavy atom. The molecule has 0 aromatic heterocycles. The van der Waals surface area contributed by atoms with Crippen molar-refractivity contribution >= 4 is 23.4 Å². The number of aliphatic hydroxyl groups is 2. The fraction of sp³-hybridized carbons (Fsp3) is 0.500. The predicted molar refractivity (Wildman–Crippen MR) is 68.1 cm³/mol. The summed E-state index contributed by atoms with van der Waals surface area (Å²) in [6.07, 6.45) is -2.77. The van der Waals surface area contributed by atoms with Gasteiger partial charge in [-0.15, -0.1) is 11.8 Å². The average Bonchev–Trinajstić information content (AvgIpc) is 2.35. The molecule has 2 heterocycles. The van der Waals surface area contributed by atoms with Crippen LogP contribution in [0.5, 0.6) is 5.75 Å². The van der Waals surface area contributed by atoms with E-state index < -0.39 is 24.6 Å². The van der Waals surface area contributed by atoms with Crippen LogP contribution in [0.1, 0.15) is 6.92 Å². The molecule has 0 spiro atoms. The standard InChI is InChI=1S/C12H13ClO4S/c1-5-9(14)10(15)11-12(16-5)17-7-3-2-6(13)4-8(7)18-11/h2-5,9-12,14-15H,1H3. The molecule has 1 aromatic rings. The molecular formula is C12H13ClO4S. The van der Waals surface area contributed by atoms with Crippen LogP contribution in [-0.4, -0.2) is 40.1 Å². The molecular weight excluding hydrogens is 276 g/mol. The van der Waals surface area contributed by atoms with E-state index in [4.69, 9.17) is 21.1 Å². The number of fused-ring (bicyclic) bond motifs is 2. The molecule has 0 amide bonds. The molecule has 98 valence electrons. The number of rotatable bonds is 0. The zero-order valence-corrected chi connectivity index (χ0v) is 11.2. The lowest BCUT2D eigenvalue weighted by Crippen LogP contribution is -2.57. The van der Waals surface area contributed by atoms with Crippen molar-refractivity contribution in [3.63, 3.8) is 0 Å². The van der Waals surface area contributed by atoms with Crippen LogP contribution in [0, 0.1) is 0 Å². The summed E-state index contributed by atoms with van der Waals surface area (Å²) in [5, 5.41) is 20.2. The van der Waals surface area contributed by atoms with Crippen molar-refractivity contribution in [1.82, 2.24) is 0 Å². The highest BCUT2D eigenvalue weighted by atomic mass is 35.5. The van der Waals surface area contributed by atoms with Gasteiger partial charge in [-0.1, -0.05) is 11.6 Å². The van der Waals surface area contributed by atoms with Gasteiger partial charge in [-0.25, -0.2) is 0 Å². The third-order valence-corrected chi connectivity index (χ3v) is 4.78. The van der Waals surface area contributed by atoms with Gasteiger partial charge in [-0.3, -0.25) is 0 Å². The normalized spacial score (nSPS) is 38.6. The molecule has 0 saturated carbocycles. The lowest BCUT2D eigenvalue weighted by molar-refractivity contribution is -0.213. The molecule has 6 heteroatoms. The summed E-state index contributed by atoms with van der Waals surface area (Å²) in [6.45, 7) is 1.72. The maximum atomic E-state index is 10.1. The number of hydrogen-bond donors (Lipinski definition) is 2. The quantitative estimate of drug-likeness (QED) is 0.760. The summed E-state index contributed by atoms with van der Waals surface area (Å²) in [5.41, 5.74) is 0. The van der Waals surface area contributed by atoms with Crippen LogP contribution in [0.3, 0.4) is 0 Å². The molecule has 1 fully saturated rings. The van der Waals surface area contributed by atoms with Gasteiger partial charge in [0, 0.05) is 5.02 Å². The monoisotopic (exact) mass is 288 g/mol. The maximum absolute atomic E-state index is 10.1. The number of halogens is 1. The Labute approximate surface area is 114 Å². The predicted octanol–water partition coefficient (Wildman–Crippen LogP) is 1.66. The lowest BCUT2D eigenvalue weighted by Gasteiger charge is -2.43. The summed E-state index contributed by atoms with van der Waals surface area (Å²) < 4.78 is 11.3. The third-order valence-electron chi connectivity index (χ3n) is 3.20. The second kappa shape index (κ2) is 4.58. The molecule has 3 rings (SSSR count). The third kappa shape index (κ3) is 2.00. The van der Waals surface area contributed by atoms with E-state index in [1.807, 2.05) is 0 Å². The molecule has 0 bridgehead atoms. The van der Waals surface area contributed by atoms with E-state index in [9.17, 15) is 10.2 Å². The van der Waals surface area contributed by atoms with E-state index in [0.29, 0.717) is 10.8 Å². The average molecular weight is 289 g/mol. The van der Waals surface area contributed by atoms with Crippen molar-refractivity contribution in [2.24, 2.45) is 0 Å². The maximum Gasteiger partial charge on any atom is 0.215 e. The molecule has 5 atom stereocenters. The molecule has 18 heavy (non-hydrogen) atoms. The first-order valence-corrected chi connectivity index (χ1v) is 6.96. The van der Waals surface area contributed by atoms with E-state index in [2.05, 4.69) is 0 Å². The van der Waals surface area contributed by atoms with Crippen LogP contribution in [0.15, 0.2) is 23.1 Å². The zero-order valence-electron chi connectivity index (χ0n) is 9.62. The smallest absolute Gasteiger partial charge is 0.215 e. The van der Waals surface area contributed by atoms with Gasteiger partial charge in [0.1, 0.15) is 23.2 Å². The Bertz CT molecular complexity index is 469. The summed E-state index contributed by atoms with van der Waals surface area (Å²) >= 11 is 7.35. The minimum Gasteiger partial charge on any atom is -0.462 e. The van der Waals surface area contributed by atoms with Gasteiger partial charge in [-0.05, 0) is 25.1 Å². The van der Waals surface area contributed by atoms with Crippen molar-refractivity contribution in [3.05, 3.63) is 23.2 Å². The highest BCUT2D eigenvalue weighted by Gasteiger charge is 2.46. The van der Waals surface area contributed by atoms with E-state index in [0.717, 1.165) is 4.90 Å². The van der Waals surface area contributed by atoms with Crippen molar-refractivity contribution in [1.29, 1.82) is 0 Å². The number of aliphatic hydroxyl groups excluding tert-OH is 2. The van der Waals surface area contributed by atoms with Gasteiger partial charge < -0.3 is 19.7 Å². The van der Waals surface area contributed by atoms with Gasteiger partial charge in [0.15, 0.2) is 0 Å². The van der Waals surface area contributed by atoms with Gasteiger partial charge in [0.2, 0.25) is 6.29 Å². The first-order valence-electron chi connectivity index (χ1n) is 5.71. The fourth-order valence-corrected chi connectivity index (χ4v) is 3.65. The second-order valence-corrected chi connectivity index (χ2v) is 6.14. The van der Waals surface area contributed by atoms with Crippen LogP contribution in [0.2, 0.25) is 5.02 Å². The summed E-state index contributed by atoms with van der Waals surface area (Å²) in [5.74, 6) is 0.696. The van der Waals surface area contributed by atoms with E-state index >= 15 is 0 Å². The number of benzene rings is 1. The van der Waals surface area contributed by atoms with Crippen LogP contribution < -0.4 is 4.74 Å². The number of hydrogen-bond acceptors (Lipinski definition) is 5. The number of thioether (sulfide) groups is 1. The van der Waals surface area contributed by atoms with Gasteiger partial charge in [-0.2, -0.15) is 0 Å². The molecule has 1 aromatic carbocycles. The highest BCUT2D eigenvalue weighted by Crippen LogP contribution is 2.45. The first kappa shape index (κ1) is 12.6. The van der Waals surface area contributed by atoms with E-state index in [-0.39, 0.29) is 5.25 Å². The molecule has 5 unspecified atom stereocenters. The molecule has 4 nitrogen and oxygen atoms in total. The van der Waals surface area contributed by atoms with E-state index in [1.165, 1.54) is 11.8 Å². The Morgan fingerprint density at radius 3 is 2.83 bits per heavy atom. The van der Waals surface area contributed by atoms with Crippen LogP contribution in [0.25, 0.3) is 0 Å². The fourth-order valence-electron chi connectivity index (χ4n) is 2.17. The van der Waals surface area contributed by atoms with Crippen molar-refractivity contribution in [2.75, 3.05) is 0 Å². The Morgan fingerprint density at radius 1 is 1.28 bits per heavy atom. The summed E-state index contributed by atoms with van der Waals surface area (Å²) in [4.78, 5) is 0.855. The van der Waals surface area contributed by atoms with Gasteiger partial charge >= 0.3 is 0 Å². The van der Waals surface area contributed by atoms with Crippen molar-refractivity contribution in [2.45, 2.75) is 41.7 Å².